The van der Waals surface area contributed by atoms with Gasteiger partial charge in [0.25, 0.3) is 0 Å². The molecule has 0 aromatic heterocycles. The van der Waals surface area contributed by atoms with Crippen LogP contribution in [0, 0.1) is 0 Å². The molecule has 1 rings (SSSR count). The molecule has 0 heterocycles. The summed E-state index contributed by atoms with van der Waals surface area (Å²) in [5.74, 6) is 0. The van der Waals surface area contributed by atoms with E-state index in [1.807, 2.05) is 0 Å². The van der Waals surface area contributed by atoms with E-state index >= 15 is 0 Å². The normalized spacial score (nSPS) is 22.0. The summed E-state index contributed by atoms with van der Waals surface area (Å²) in [5, 5.41) is 1.79. The molecule has 1 atom stereocenters. The average molecular weight is 145 g/mol. The van der Waals surface area contributed by atoms with E-state index in [0.29, 0.717) is 0 Å². The molecule has 2 N–H and O–H groups in total. The van der Waals surface area contributed by atoms with E-state index in [0.717, 1.165) is 17.0 Å². The third kappa shape index (κ3) is 3.11. The van der Waals surface area contributed by atoms with E-state index in [1.54, 1.807) is 0 Å². The quantitative estimate of drug-likeness (QED) is 0.650. The lowest BCUT2D eigenvalue weighted by Gasteiger charge is -2.06. The summed E-state index contributed by atoms with van der Waals surface area (Å²) in [7, 11) is 0. The van der Waals surface area contributed by atoms with Gasteiger partial charge in [-0.2, -0.15) is 11.8 Å². The van der Waals surface area contributed by atoms with Crippen LogP contribution in [-0.4, -0.2) is 17.0 Å². The van der Waals surface area contributed by atoms with E-state index in [2.05, 4.69) is 18.7 Å². The maximum atomic E-state index is 5.41. The van der Waals surface area contributed by atoms with Crippen LogP contribution in [-0.2, 0) is 0 Å². The molecular formula is C7H15NS. The Hall–Kier alpha value is 0.310. The van der Waals surface area contributed by atoms with Gasteiger partial charge in [0.05, 0.1) is 0 Å². The van der Waals surface area contributed by atoms with Crippen LogP contribution < -0.4 is 5.73 Å². The fourth-order valence-corrected chi connectivity index (χ4v) is 2.17. The highest BCUT2D eigenvalue weighted by molar-refractivity contribution is 8.00. The molecule has 1 fully saturated rings. The Bertz CT molecular complexity index is 81.0. The Morgan fingerprint density at radius 1 is 1.67 bits per heavy atom. The Morgan fingerprint density at radius 3 is 2.78 bits per heavy atom. The molecule has 0 spiro atoms. The molecule has 0 aliphatic heterocycles. The Labute approximate surface area is 61.4 Å². The summed E-state index contributed by atoms with van der Waals surface area (Å²) in [6.07, 6.45) is 4.07. The van der Waals surface area contributed by atoms with Gasteiger partial charge in [-0.15, -0.1) is 0 Å². The number of rotatable bonds is 4. The summed E-state index contributed by atoms with van der Waals surface area (Å²) in [5.41, 5.74) is 5.41. The van der Waals surface area contributed by atoms with E-state index in [4.69, 9.17) is 5.73 Å². The molecule has 0 radical (unpaired) electrons. The molecule has 0 amide bonds. The van der Waals surface area contributed by atoms with Crippen molar-refractivity contribution < 1.29 is 0 Å². The standard InChI is InChI=1S/C7H15NS/c1-6(4-5-8)9-7-2-3-7/h6-7H,2-5,8H2,1H3. The Kier molecular flexibility index (Phi) is 2.86. The molecule has 1 aliphatic rings. The topological polar surface area (TPSA) is 26.0 Å². The van der Waals surface area contributed by atoms with Crippen molar-refractivity contribution in [3.63, 3.8) is 0 Å². The predicted octanol–water partition coefficient (Wildman–Crippen LogP) is 1.62. The second-order valence-electron chi connectivity index (χ2n) is 2.72. The van der Waals surface area contributed by atoms with Gasteiger partial charge in [-0.05, 0) is 25.8 Å². The number of thioether (sulfide) groups is 1. The molecule has 1 saturated carbocycles. The maximum Gasteiger partial charge on any atom is 0.00505 e. The lowest BCUT2D eigenvalue weighted by Crippen LogP contribution is -2.07. The van der Waals surface area contributed by atoms with Gasteiger partial charge in [0.15, 0.2) is 0 Å². The van der Waals surface area contributed by atoms with Gasteiger partial charge in [-0.3, -0.25) is 0 Å². The molecule has 1 nitrogen and oxygen atoms in total. The average Bonchev–Trinajstić information content (AvgIpc) is 2.50. The number of nitrogens with two attached hydrogens (primary N) is 1. The maximum absolute atomic E-state index is 5.41. The van der Waals surface area contributed by atoms with Crippen molar-refractivity contribution >= 4 is 11.8 Å². The van der Waals surface area contributed by atoms with E-state index in [-0.39, 0.29) is 0 Å². The lowest BCUT2D eigenvalue weighted by atomic mass is 10.3. The molecule has 9 heavy (non-hydrogen) atoms. The van der Waals surface area contributed by atoms with Crippen molar-refractivity contribution in [3.05, 3.63) is 0 Å². The first-order valence-corrected chi connectivity index (χ1v) is 4.62. The van der Waals surface area contributed by atoms with Crippen molar-refractivity contribution in [2.24, 2.45) is 5.73 Å². The molecule has 1 unspecified atom stereocenters. The van der Waals surface area contributed by atoms with Crippen LogP contribution in [0.5, 0.6) is 0 Å². The smallest absolute Gasteiger partial charge is 0.00505 e. The minimum atomic E-state index is 0.794. The molecule has 0 bridgehead atoms. The summed E-state index contributed by atoms with van der Waals surface area (Å²) in [4.78, 5) is 0. The second-order valence-corrected chi connectivity index (χ2v) is 4.47. The third-order valence-corrected chi connectivity index (χ3v) is 3.08. The van der Waals surface area contributed by atoms with Crippen LogP contribution >= 0.6 is 11.8 Å². The van der Waals surface area contributed by atoms with Crippen LogP contribution in [0.3, 0.4) is 0 Å². The first kappa shape index (κ1) is 7.42. The highest BCUT2D eigenvalue weighted by Gasteiger charge is 2.23. The predicted molar refractivity (Wildman–Crippen MR) is 43.7 cm³/mol. The lowest BCUT2D eigenvalue weighted by molar-refractivity contribution is 0.823. The third-order valence-electron chi connectivity index (χ3n) is 1.52. The first-order valence-electron chi connectivity index (χ1n) is 3.68. The van der Waals surface area contributed by atoms with Crippen LogP contribution in [0.15, 0.2) is 0 Å². The SMILES string of the molecule is CC(CCN)SC1CC1. The van der Waals surface area contributed by atoms with Crippen molar-refractivity contribution in [1.82, 2.24) is 0 Å². The minimum Gasteiger partial charge on any atom is -0.330 e. The zero-order valence-corrected chi connectivity index (χ0v) is 6.79. The number of hydrogen-bond donors (Lipinski definition) is 1. The van der Waals surface area contributed by atoms with Crippen LogP contribution in [0.4, 0.5) is 0 Å². The van der Waals surface area contributed by atoms with Gasteiger partial charge in [0.1, 0.15) is 0 Å². The minimum absolute atomic E-state index is 0.794. The largest absolute Gasteiger partial charge is 0.330 e. The zero-order chi connectivity index (χ0) is 6.69. The van der Waals surface area contributed by atoms with Crippen LogP contribution in [0.1, 0.15) is 26.2 Å². The molecule has 0 aromatic rings. The highest BCUT2D eigenvalue weighted by Crippen LogP contribution is 2.37. The van der Waals surface area contributed by atoms with E-state index in [9.17, 15) is 0 Å². The van der Waals surface area contributed by atoms with Crippen molar-refractivity contribution in [2.75, 3.05) is 6.54 Å². The Balaban J connectivity index is 1.95. The van der Waals surface area contributed by atoms with Gasteiger partial charge in [-0.25, -0.2) is 0 Å². The molecular weight excluding hydrogens is 130 g/mol. The fourth-order valence-electron chi connectivity index (χ4n) is 0.835. The second kappa shape index (κ2) is 3.47. The van der Waals surface area contributed by atoms with Gasteiger partial charge < -0.3 is 5.73 Å². The van der Waals surface area contributed by atoms with Crippen LogP contribution in [0.2, 0.25) is 0 Å². The van der Waals surface area contributed by atoms with Gasteiger partial charge in [-0.1, -0.05) is 6.92 Å². The molecule has 1 aliphatic carbocycles. The summed E-state index contributed by atoms with van der Waals surface area (Å²) < 4.78 is 0. The van der Waals surface area contributed by atoms with Gasteiger partial charge >= 0.3 is 0 Å². The van der Waals surface area contributed by atoms with E-state index in [1.165, 1.54) is 19.3 Å². The fraction of sp³-hybridized carbons (Fsp3) is 1.00. The number of hydrogen-bond acceptors (Lipinski definition) is 2. The molecule has 54 valence electrons. The highest BCUT2D eigenvalue weighted by atomic mass is 32.2. The van der Waals surface area contributed by atoms with E-state index < -0.39 is 0 Å². The van der Waals surface area contributed by atoms with Crippen molar-refractivity contribution in [2.45, 2.75) is 36.7 Å². The van der Waals surface area contributed by atoms with Crippen molar-refractivity contribution in [1.29, 1.82) is 0 Å². The zero-order valence-electron chi connectivity index (χ0n) is 5.97. The van der Waals surface area contributed by atoms with Gasteiger partial charge in [0, 0.05) is 10.5 Å². The first-order chi connectivity index (χ1) is 4.33. The molecule has 0 aromatic carbocycles. The summed E-state index contributed by atoms with van der Waals surface area (Å²) >= 11 is 2.11. The summed E-state index contributed by atoms with van der Waals surface area (Å²) in [6, 6.07) is 0. The summed E-state index contributed by atoms with van der Waals surface area (Å²) in [6.45, 7) is 3.12. The monoisotopic (exact) mass is 145 g/mol. The van der Waals surface area contributed by atoms with Gasteiger partial charge in [0.2, 0.25) is 0 Å². The molecule has 0 saturated heterocycles. The Morgan fingerprint density at radius 2 is 2.33 bits per heavy atom. The van der Waals surface area contributed by atoms with Crippen molar-refractivity contribution in [3.8, 4) is 0 Å². The van der Waals surface area contributed by atoms with Crippen LogP contribution in [0.25, 0.3) is 0 Å². The molecule has 2 heteroatoms.